The van der Waals surface area contributed by atoms with Gasteiger partial charge in [0.15, 0.2) is 0 Å². The van der Waals surface area contributed by atoms with Crippen molar-refractivity contribution < 1.29 is 9.59 Å². The molecule has 1 aromatic carbocycles. The highest BCUT2D eigenvalue weighted by molar-refractivity contribution is 7.12. The Kier molecular flexibility index (Phi) is 3.75. The molecule has 0 spiro atoms. The zero-order chi connectivity index (χ0) is 14.8. The number of thiophene rings is 1. The van der Waals surface area contributed by atoms with E-state index in [0.29, 0.717) is 19.5 Å². The highest BCUT2D eigenvalue weighted by Crippen LogP contribution is 2.30. The third-order valence-electron chi connectivity index (χ3n) is 3.82. The monoisotopic (exact) mass is 300 g/mol. The summed E-state index contributed by atoms with van der Waals surface area (Å²) in [5, 5.41) is 1.93. The smallest absolute Gasteiger partial charge is 0.264 e. The Hall–Kier alpha value is -2.14. The minimum atomic E-state index is -0.320. The maximum atomic E-state index is 12.7. The average Bonchev–Trinajstić information content (AvgIpc) is 3.17. The molecule has 0 saturated carbocycles. The van der Waals surface area contributed by atoms with Crippen molar-refractivity contribution in [3.05, 3.63) is 46.7 Å². The largest absolute Gasteiger partial charge is 0.369 e. The lowest BCUT2D eigenvalue weighted by atomic mass is 10.1. The number of carbonyl (C=O) groups excluding carboxylic acids is 2. The first kappa shape index (κ1) is 13.8. The molecule has 0 aliphatic carbocycles. The van der Waals surface area contributed by atoms with Gasteiger partial charge >= 0.3 is 0 Å². The summed E-state index contributed by atoms with van der Waals surface area (Å²) >= 11 is 1.44. The van der Waals surface area contributed by atoms with Gasteiger partial charge in [-0.15, -0.1) is 11.3 Å². The summed E-state index contributed by atoms with van der Waals surface area (Å²) in [5.74, 6) is -0.540. The molecule has 2 N–H and O–H groups in total. The van der Waals surface area contributed by atoms with Crippen LogP contribution < -0.4 is 5.73 Å². The van der Waals surface area contributed by atoms with Gasteiger partial charge in [-0.1, -0.05) is 30.3 Å². The van der Waals surface area contributed by atoms with Gasteiger partial charge in [-0.25, -0.2) is 0 Å². The Bertz CT molecular complexity index is 666. The van der Waals surface area contributed by atoms with Crippen LogP contribution in [0, 0.1) is 5.92 Å². The van der Waals surface area contributed by atoms with Gasteiger partial charge in [0.05, 0.1) is 10.8 Å². The number of likely N-dealkylation sites (tertiary alicyclic amines) is 1. The van der Waals surface area contributed by atoms with Gasteiger partial charge in [0.25, 0.3) is 5.91 Å². The van der Waals surface area contributed by atoms with E-state index < -0.39 is 0 Å². The molecule has 1 aliphatic heterocycles. The topological polar surface area (TPSA) is 63.4 Å². The van der Waals surface area contributed by atoms with Crippen LogP contribution in [0.1, 0.15) is 16.1 Å². The Morgan fingerprint density at radius 2 is 1.95 bits per heavy atom. The van der Waals surface area contributed by atoms with E-state index in [4.69, 9.17) is 5.73 Å². The molecule has 4 nitrogen and oxygen atoms in total. The van der Waals surface area contributed by atoms with Crippen LogP contribution in [0.3, 0.4) is 0 Å². The van der Waals surface area contributed by atoms with E-state index >= 15 is 0 Å². The standard InChI is InChI=1S/C16H16N2O2S/c17-15(19)12-6-8-18(10-12)16(20)14-13(7-9-21-14)11-4-2-1-3-5-11/h1-5,7,9,12H,6,8,10H2,(H2,17,19). The molecule has 1 aliphatic rings. The summed E-state index contributed by atoms with van der Waals surface area (Å²) < 4.78 is 0. The molecule has 3 rings (SSSR count). The Morgan fingerprint density at radius 3 is 2.62 bits per heavy atom. The van der Waals surface area contributed by atoms with Crippen molar-refractivity contribution in [3.63, 3.8) is 0 Å². The predicted molar refractivity (Wildman–Crippen MR) is 83.0 cm³/mol. The predicted octanol–water partition coefficient (Wildman–Crippen LogP) is 2.36. The zero-order valence-electron chi connectivity index (χ0n) is 11.5. The summed E-state index contributed by atoms with van der Waals surface area (Å²) in [7, 11) is 0. The fourth-order valence-corrected chi connectivity index (χ4v) is 3.52. The number of nitrogens with zero attached hydrogens (tertiary/aromatic N) is 1. The van der Waals surface area contributed by atoms with E-state index in [-0.39, 0.29) is 17.7 Å². The van der Waals surface area contributed by atoms with Crippen LogP contribution in [0.2, 0.25) is 0 Å². The lowest BCUT2D eigenvalue weighted by Crippen LogP contribution is -2.31. The lowest BCUT2D eigenvalue weighted by molar-refractivity contribution is -0.121. The van der Waals surface area contributed by atoms with E-state index in [9.17, 15) is 9.59 Å². The Balaban J connectivity index is 1.84. The third-order valence-corrected chi connectivity index (χ3v) is 4.72. The molecule has 0 bridgehead atoms. The summed E-state index contributed by atoms with van der Waals surface area (Å²) in [5.41, 5.74) is 7.31. The zero-order valence-corrected chi connectivity index (χ0v) is 12.3. The fraction of sp³-hybridized carbons (Fsp3) is 0.250. The highest BCUT2D eigenvalue weighted by atomic mass is 32.1. The van der Waals surface area contributed by atoms with Gasteiger partial charge in [0.1, 0.15) is 0 Å². The first-order chi connectivity index (χ1) is 10.2. The number of hydrogen-bond donors (Lipinski definition) is 1. The van der Waals surface area contributed by atoms with Crippen LogP contribution in [-0.2, 0) is 4.79 Å². The normalized spacial score (nSPS) is 17.9. The van der Waals surface area contributed by atoms with Crippen LogP contribution in [0.15, 0.2) is 41.8 Å². The molecule has 1 fully saturated rings. The van der Waals surface area contributed by atoms with Crippen molar-refractivity contribution in [1.29, 1.82) is 0 Å². The third kappa shape index (κ3) is 2.69. The molecule has 1 aromatic heterocycles. The number of rotatable bonds is 3. The number of nitrogens with two attached hydrogens (primary N) is 1. The molecule has 1 atom stereocenters. The molecule has 2 heterocycles. The quantitative estimate of drug-likeness (QED) is 0.945. The average molecular weight is 300 g/mol. The number of primary amides is 1. The minimum absolute atomic E-state index is 0.00685. The summed E-state index contributed by atoms with van der Waals surface area (Å²) in [6, 6.07) is 11.8. The summed E-state index contributed by atoms with van der Waals surface area (Å²) in [6.07, 6.45) is 0.660. The molecule has 5 heteroatoms. The van der Waals surface area contributed by atoms with Gasteiger partial charge in [0.2, 0.25) is 5.91 Å². The van der Waals surface area contributed by atoms with Gasteiger partial charge in [-0.2, -0.15) is 0 Å². The van der Waals surface area contributed by atoms with Crippen LogP contribution in [0.4, 0.5) is 0 Å². The van der Waals surface area contributed by atoms with E-state index in [1.165, 1.54) is 11.3 Å². The van der Waals surface area contributed by atoms with Crippen molar-refractivity contribution in [2.24, 2.45) is 11.7 Å². The second-order valence-electron chi connectivity index (χ2n) is 5.17. The second-order valence-corrected chi connectivity index (χ2v) is 6.08. The Morgan fingerprint density at radius 1 is 1.19 bits per heavy atom. The maximum absolute atomic E-state index is 12.7. The minimum Gasteiger partial charge on any atom is -0.369 e. The molecule has 108 valence electrons. The van der Waals surface area contributed by atoms with Gasteiger partial charge in [-0.3, -0.25) is 9.59 Å². The first-order valence-corrected chi connectivity index (χ1v) is 7.76. The van der Waals surface area contributed by atoms with Crippen LogP contribution in [-0.4, -0.2) is 29.8 Å². The van der Waals surface area contributed by atoms with Crippen molar-refractivity contribution >= 4 is 23.2 Å². The van der Waals surface area contributed by atoms with Crippen molar-refractivity contribution in [3.8, 4) is 11.1 Å². The van der Waals surface area contributed by atoms with Crippen LogP contribution in [0.5, 0.6) is 0 Å². The van der Waals surface area contributed by atoms with E-state index in [0.717, 1.165) is 16.0 Å². The number of benzene rings is 1. The lowest BCUT2D eigenvalue weighted by Gasteiger charge is -2.16. The van der Waals surface area contributed by atoms with Crippen molar-refractivity contribution in [2.75, 3.05) is 13.1 Å². The van der Waals surface area contributed by atoms with E-state index in [1.807, 2.05) is 41.8 Å². The molecule has 2 aromatic rings. The SMILES string of the molecule is NC(=O)C1CCN(C(=O)c2sccc2-c2ccccc2)C1. The summed E-state index contributed by atoms with van der Waals surface area (Å²) in [6.45, 7) is 1.03. The first-order valence-electron chi connectivity index (χ1n) is 6.88. The molecule has 0 radical (unpaired) electrons. The summed E-state index contributed by atoms with van der Waals surface area (Å²) in [4.78, 5) is 26.3. The Labute approximate surface area is 127 Å². The van der Waals surface area contributed by atoms with Gasteiger partial charge in [0, 0.05) is 18.7 Å². The van der Waals surface area contributed by atoms with Crippen LogP contribution in [0.25, 0.3) is 11.1 Å². The molecule has 21 heavy (non-hydrogen) atoms. The second kappa shape index (κ2) is 5.69. The number of hydrogen-bond acceptors (Lipinski definition) is 3. The van der Waals surface area contributed by atoms with Gasteiger partial charge in [-0.05, 0) is 23.4 Å². The van der Waals surface area contributed by atoms with Crippen molar-refractivity contribution in [2.45, 2.75) is 6.42 Å². The van der Waals surface area contributed by atoms with Gasteiger partial charge < -0.3 is 10.6 Å². The molecule has 1 saturated heterocycles. The molecular weight excluding hydrogens is 284 g/mol. The molecular formula is C16H16N2O2S. The molecule has 2 amide bonds. The number of carbonyl (C=O) groups is 2. The highest BCUT2D eigenvalue weighted by Gasteiger charge is 2.31. The van der Waals surface area contributed by atoms with E-state index in [1.54, 1.807) is 4.90 Å². The maximum Gasteiger partial charge on any atom is 0.264 e. The molecule has 1 unspecified atom stereocenters. The van der Waals surface area contributed by atoms with Crippen LogP contribution >= 0.6 is 11.3 Å². The van der Waals surface area contributed by atoms with Crippen molar-refractivity contribution in [1.82, 2.24) is 4.90 Å². The van der Waals surface area contributed by atoms with E-state index in [2.05, 4.69) is 0 Å². The number of amides is 2. The fourth-order valence-electron chi connectivity index (χ4n) is 2.64.